The average Bonchev–Trinajstić information content (AvgIpc) is 3.06. The van der Waals surface area contributed by atoms with Crippen LogP contribution in [-0.4, -0.2) is 25.0 Å². The molecule has 0 spiro atoms. The van der Waals surface area contributed by atoms with Crippen LogP contribution in [0.1, 0.15) is 24.0 Å². The molecule has 0 bridgehead atoms. The molecule has 1 aliphatic rings. The van der Waals surface area contributed by atoms with Crippen LogP contribution in [0.25, 0.3) is 0 Å². The van der Waals surface area contributed by atoms with E-state index in [-0.39, 0.29) is 19.1 Å². The molecule has 1 aliphatic heterocycles. The van der Waals surface area contributed by atoms with Crippen molar-refractivity contribution < 1.29 is 19.1 Å². The average molecular weight is 339 g/mol. The lowest BCUT2D eigenvalue weighted by Gasteiger charge is -2.16. The lowest BCUT2D eigenvalue weighted by molar-refractivity contribution is -0.147. The van der Waals surface area contributed by atoms with E-state index < -0.39 is 5.97 Å². The number of nitrogens with zero attached hydrogens (tertiary/aromatic N) is 1. The van der Waals surface area contributed by atoms with Crippen LogP contribution < -0.4 is 9.64 Å². The monoisotopic (exact) mass is 339 g/mol. The van der Waals surface area contributed by atoms with Crippen LogP contribution in [0, 0.1) is 6.92 Å². The Bertz CT molecular complexity index is 737. The Morgan fingerprint density at radius 1 is 1.08 bits per heavy atom. The first kappa shape index (κ1) is 17.0. The van der Waals surface area contributed by atoms with Crippen molar-refractivity contribution in [1.82, 2.24) is 0 Å². The second-order valence-corrected chi connectivity index (χ2v) is 6.08. The predicted molar refractivity (Wildman–Crippen MR) is 94.5 cm³/mol. The molecule has 0 aliphatic carbocycles. The minimum atomic E-state index is -0.417. The zero-order valence-electron chi connectivity index (χ0n) is 14.2. The molecule has 130 valence electrons. The fourth-order valence-corrected chi connectivity index (χ4v) is 2.68. The molecule has 1 heterocycles. The van der Waals surface area contributed by atoms with Crippen LogP contribution in [-0.2, 0) is 20.9 Å². The third-order valence-corrected chi connectivity index (χ3v) is 4.10. The molecular weight excluding hydrogens is 318 g/mol. The highest BCUT2D eigenvalue weighted by Crippen LogP contribution is 2.23. The summed E-state index contributed by atoms with van der Waals surface area (Å²) in [4.78, 5) is 25.3. The smallest absolute Gasteiger partial charge is 0.344 e. The molecule has 0 aromatic heterocycles. The first-order valence-electron chi connectivity index (χ1n) is 8.36. The number of rotatable bonds is 6. The minimum Gasteiger partial charge on any atom is -0.482 e. The summed E-state index contributed by atoms with van der Waals surface area (Å²) in [7, 11) is 0. The summed E-state index contributed by atoms with van der Waals surface area (Å²) in [5, 5.41) is 0. The van der Waals surface area contributed by atoms with Crippen molar-refractivity contribution in [2.75, 3.05) is 18.1 Å². The van der Waals surface area contributed by atoms with E-state index in [2.05, 4.69) is 0 Å². The topological polar surface area (TPSA) is 55.8 Å². The van der Waals surface area contributed by atoms with Crippen molar-refractivity contribution in [1.29, 1.82) is 0 Å². The van der Waals surface area contributed by atoms with Gasteiger partial charge in [0.1, 0.15) is 12.4 Å². The maximum absolute atomic E-state index is 11.8. The largest absolute Gasteiger partial charge is 0.482 e. The Labute approximate surface area is 147 Å². The zero-order valence-corrected chi connectivity index (χ0v) is 14.2. The molecule has 2 aromatic carbocycles. The summed E-state index contributed by atoms with van der Waals surface area (Å²) in [5.74, 6) is 0.301. The summed E-state index contributed by atoms with van der Waals surface area (Å²) in [6, 6.07) is 15.0. The molecule has 1 amide bonds. The summed E-state index contributed by atoms with van der Waals surface area (Å²) in [6.45, 7) is 2.85. The number of benzene rings is 2. The summed E-state index contributed by atoms with van der Waals surface area (Å²) >= 11 is 0. The van der Waals surface area contributed by atoms with Crippen LogP contribution in [0.2, 0.25) is 0 Å². The lowest BCUT2D eigenvalue weighted by atomic mass is 10.2. The third kappa shape index (κ3) is 4.59. The Morgan fingerprint density at radius 3 is 2.44 bits per heavy atom. The first-order chi connectivity index (χ1) is 12.1. The third-order valence-electron chi connectivity index (χ3n) is 4.10. The molecule has 3 rings (SSSR count). The van der Waals surface area contributed by atoms with Gasteiger partial charge in [-0.2, -0.15) is 0 Å². The van der Waals surface area contributed by atoms with E-state index >= 15 is 0 Å². The number of esters is 1. The van der Waals surface area contributed by atoms with Gasteiger partial charge in [0.2, 0.25) is 5.91 Å². The van der Waals surface area contributed by atoms with E-state index in [0.717, 1.165) is 29.8 Å². The quantitative estimate of drug-likeness (QED) is 0.758. The van der Waals surface area contributed by atoms with E-state index in [1.165, 1.54) is 0 Å². The Kier molecular flexibility index (Phi) is 5.33. The number of amides is 1. The normalized spacial score (nSPS) is 13.8. The number of hydrogen-bond donors (Lipinski definition) is 0. The highest BCUT2D eigenvalue weighted by molar-refractivity contribution is 5.95. The van der Waals surface area contributed by atoms with Gasteiger partial charge >= 0.3 is 5.97 Å². The number of aryl methyl sites for hydroxylation is 1. The fraction of sp³-hybridized carbons (Fsp3) is 0.300. The van der Waals surface area contributed by atoms with Crippen molar-refractivity contribution in [2.24, 2.45) is 0 Å². The summed E-state index contributed by atoms with van der Waals surface area (Å²) in [5.41, 5.74) is 2.97. The minimum absolute atomic E-state index is 0.145. The van der Waals surface area contributed by atoms with Gasteiger partial charge in [-0.15, -0.1) is 0 Å². The highest BCUT2D eigenvalue weighted by Gasteiger charge is 2.21. The molecule has 0 radical (unpaired) electrons. The Balaban J connectivity index is 1.45. The number of hydrogen-bond acceptors (Lipinski definition) is 4. The van der Waals surface area contributed by atoms with Crippen molar-refractivity contribution in [3.63, 3.8) is 0 Å². The van der Waals surface area contributed by atoms with Gasteiger partial charge in [-0.25, -0.2) is 4.79 Å². The van der Waals surface area contributed by atoms with Crippen molar-refractivity contribution in [3.05, 3.63) is 59.7 Å². The van der Waals surface area contributed by atoms with Crippen LogP contribution in [0.5, 0.6) is 5.75 Å². The van der Waals surface area contributed by atoms with Crippen molar-refractivity contribution in [3.8, 4) is 5.75 Å². The molecule has 0 saturated carbocycles. The Hall–Kier alpha value is -2.82. The first-order valence-corrected chi connectivity index (χ1v) is 8.36. The second kappa shape index (κ2) is 7.83. The van der Waals surface area contributed by atoms with Gasteiger partial charge in [-0.05, 0) is 43.2 Å². The molecular formula is C20H21NO4. The number of anilines is 1. The van der Waals surface area contributed by atoms with Crippen LogP contribution >= 0.6 is 0 Å². The standard InChI is InChI=1S/C20H21NO4/c1-15-4-6-16(7-5-15)13-25-20(23)14-24-18-10-8-17(9-11-18)21-12-2-3-19(21)22/h4-11H,2-3,12-14H2,1H3. The molecule has 1 saturated heterocycles. The maximum Gasteiger partial charge on any atom is 0.344 e. The molecule has 5 heteroatoms. The molecule has 0 atom stereocenters. The molecule has 0 N–H and O–H groups in total. The number of carbonyl (C=O) groups excluding carboxylic acids is 2. The molecule has 0 unspecified atom stereocenters. The summed E-state index contributed by atoms with van der Waals surface area (Å²) in [6.07, 6.45) is 1.50. The maximum atomic E-state index is 11.8. The molecule has 5 nitrogen and oxygen atoms in total. The van der Waals surface area contributed by atoms with E-state index in [1.54, 1.807) is 17.0 Å². The zero-order chi connectivity index (χ0) is 17.6. The molecule has 25 heavy (non-hydrogen) atoms. The fourth-order valence-electron chi connectivity index (χ4n) is 2.68. The van der Waals surface area contributed by atoms with Gasteiger partial charge in [-0.3, -0.25) is 4.79 Å². The Morgan fingerprint density at radius 2 is 1.80 bits per heavy atom. The van der Waals surface area contributed by atoms with Gasteiger partial charge in [0.05, 0.1) is 0 Å². The van der Waals surface area contributed by atoms with E-state index in [9.17, 15) is 9.59 Å². The van der Waals surface area contributed by atoms with E-state index in [1.807, 2.05) is 43.3 Å². The number of carbonyl (C=O) groups is 2. The van der Waals surface area contributed by atoms with Gasteiger partial charge in [0.15, 0.2) is 6.61 Å². The van der Waals surface area contributed by atoms with Gasteiger partial charge in [0, 0.05) is 18.7 Å². The van der Waals surface area contributed by atoms with Gasteiger partial charge < -0.3 is 14.4 Å². The summed E-state index contributed by atoms with van der Waals surface area (Å²) < 4.78 is 10.6. The van der Waals surface area contributed by atoms with Crippen molar-refractivity contribution >= 4 is 17.6 Å². The lowest BCUT2D eigenvalue weighted by Crippen LogP contribution is -2.23. The highest BCUT2D eigenvalue weighted by atomic mass is 16.6. The van der Waals surface area contributed by atoms with Crippen LogP contribution in [0.3, 0.4) is 0 Å². The second-order valence-electron chi connectivity index (χ2n) is 6.08. The number of ether oxygens (including phenoxy) is 2. The molecule has 2 aromatic rings. The van der Waals surface area contributed by atoms with E-state index in [4.69, 9.17) is 9.47 Å². The van der Waals surface area contributed by atoms with Crippen molar-refractivity contribution in [2.45, 2.75) is 26.4 Å². The van der Waals surface area contributed by atoms with Crippen LogP contribution in [0.15, 0.2) is 48.5 Å². The van der Waals surface area contributed by atoms with Gasteiger partial charge in [-0.1, -0.05) is 29.8 Å². The van der Waals surface area contributed by atoms with E-state index in [0.29, 0.717) is 12.2 Å². The van der Waals surface area contributed by atoms with Crippen LogP contribution in [0.4, 0.5) is 5.69 Å². The SMILES string of the molecule is Cc1ccc(COC(=O)COc2ccc(N3CCCC3=O)cc2)cc1. The predicted octanol–water partition coefficient (Wildman–Crippen LogP) is 3.24. The molecule has 1 fully saturated rings. The van der Waals surface area contributed by atoms with Gasteiger partial charge in [0.25, 0.3) is 0 Å².